The molecule has 0 aromatic carbocycles. The molecule has 0 spiro atoms. The molecule has 430 valence electrons. The number of hydrogen-bond acceptors (Lipinski definition) is 8. The fourth-order valence-electron chi connectivity index (χ4n) is 7.90. The Bertz CT molecular complexity index is 1630. The standard InChI is InChI=1S/C65H112NO8P/c1-6-8-10-12-14-16-18-20-22-24-26-27-28-29-30-31-32-33-34-35-36-37-38-39-40-42-44-46-48-50-52-54-56-58-65(68)74-63(62-73-75(69,70)72-60-59-66(3,4)5)61-71-64(67)57-55-53-51-49-47-45-43-41-25-23-21-19-17-15-13-11-9-7-2/h8,10,14,16-17,19-20,22-23,25-27,29-30,32-33,35-36,63H,6-7,9,11-13,15,18,21,24,28,31,34,37-62H2,1-5H3/b10-8-,16-14-,19-17-,22-20-,25-23-,27-26-,30-29-,33-32-,36-35-. The molecule has 0 aliphatic rings. The summed E-state index contributed by atoms with van der Waals surface area (Å²) < 4.78 is 34.2. The molecule has 0 radical (unpaired) electrons. The van der Waals surface area contributed by atoms with Crippen molar-refractivity contribution in [3.63, 3.8) is 0 Å². The fourth-order valence-corrected chi connectivity index (χ4v) is 8.63. The highest BCUT2D eigenvalue weighted by molar-refractivity contribution is 7.45. The van der Waals surface area contributed by atoms with Crippen molar-refractivity contribution in [1.82, 2.24) is 0 Å². The Morgan fingerprint density at radius 1 is 0.427 bits per heavy atom. The highest BCUT2D eigenvalue weighted by Crippen LogP contribution is 2.38. The van der Waals surface area contributed by atoms with Crippen LogP contribution in [0.15, 0.2) is 109 Å². The summed E-state index contributed by atoms with van der Waals surface area (Å²) in [6, 6.07) is 0. The molecule has 0 fully saturated rings. The maximum absolute atomic E-state index is 12.8. The van der Waals surface area contributed by atoms with Gasteiger partial charge in [0.1, 0.15) is 19.8 Å². The normalized spacial score (nSPS) is 14.1. The van der Waals surface area contributed by atoms with Gasteiger partial charge in [-0.3, -0.25) is 14.2 Å². The van der Waals surface area contributed by atoms with Crippen LogP contribution < -0.4 is 4.89 Å². The van der Waals surface area contributed by atoms with Crippen molar-refractivity contribution in [2.45, 2.75) is 245 Å². The number of likely N-dealkylation sites (N-methyl/N-ethyl adjacent to an activating group) is 1. The summed E-state index contributed by atoms with van der Waals surface area (Å²) in [6.07, 6.45) is 77.0. The number of rotatable bonds is 54. The Kier molecular flexibility index (Phi) is 53.0. The summed E-state index contributed by atoms with van der Waals surface area (Å²) in [5.74, 6) is -0.849. The van der Waals surface area contributed by atoms with Crippen LogP contribution in [0, 0.1) is 0 Å². The highest BCUT2D eigenvalue weighted by atomic mass is 31.2. The lowest BCUT2D eigenvalue weighted by atomic mass is 10.0. The van der Waals surface area contributed by atoms with Crippen molar-refractivity contribution in [3.05, 3.63) is 109 Å². The molecular formula is C65H112NO8P. The van der Waals surface area contributed by atoms with Gasteiger partial charge in [-0.05, 0) is 103 Å². The van der Waals surface area contributed by atoms with E-state index in [9.17, 15) is 19.0 Å². The van der Waals surface area contributed by atoms with Crippen molar-refractivity contribution < 1.29 is 42.1 Å². The van der Waals surface area contributed by atoms with Gasteiger partial charge in [-0.1, -0.05) is 232 Å². The molecule has 0 aromatic heterocycles. The number of esters is 2. The van der Waals surface area contributed by atoms with Crippen molar-refractivity contribution in [2.24, 2.45) is 0 Å². The molecule has 0 saturated heterocycles. The molecule has 0 aliphatic carbocycles. The maximum atomic E-state index is 12.8. The van der Waals surface area contributed by atoms with E-state index in [4.69, 9.17) is 18.5 Å². The van der Waals surface area contributed by atoms with E-state index in [2.05, 4.69) is 123 Å². The van der Waals surface area contributed by atoms with Gasteiger partial charge in [0.2, 0.25) is 0 Å². The van der Waals surface area contributed by atoms with Crippen LogP contribution in [0.4, 0.5) is 0 Å². The van der Waals surface area contributed by atoms with Crippen LogP contribution in [0.5, 0.6) is 0 Å². The molecule has 9 nitrogen and oxygen atoms in total. The first-order chi connectivity index (χ1) is 36.5. The Morgan fingerprint density at radius 2 is 0.760 bits per heavy atom. The van der Waals surface area contributed by atoms with E-state index >= 15 is 0 Å². The topological polar surface area (TPSA) is 111 Å². The fraction of sp³-hybridized carbons (Fsp3) is 0.692. The predicted molar refractivity (Wildman–Crippen MR) is 318 cm³/mol. The molecule has 2 unspecified atom stereocenters. The lowest BCUT2D eigenvalue weighted by molar-refractivity contribution is -0.870. The van der Waals surface area contributed by atoms with Gasteiger partial charge in [-0.15, -0.1) is 0 Å². The van der Waals surface area contributed by atoms with E-state index in [1.165, 1.54) is 96.3 Å². The Balaban J connectivity index is 4.15. The number of hydrogen-bond donors (Lipinski definition) is 0. The zero-order valence-corrected chi connectivity index (χ0v) is 49.6. The van der Waals surface area contributed by atoms with Gasteiger partial charge in [0.15, 0.2) is 6.10 Å². The molecule has 0 heterocycles. The second-order valence-electron chi connectivity index (χ2n) is 21.0. The molecule has 0 N–H and O–H groups in total. The molecular weight excluding hydrogens is 954 g/mol. The van der Waals surface area contributed by atoms with E-state index in [0.29, 0.717) is 17.4 Å². The third-order valence-corrected chi connectivity index (χ3v) is 13.5. The lowest BCUT2D eigenvalue weighted by Gasteiger charge is -2.28. The quantitative estimate of drug-likeness (QED) is 0.0195. The van der Waals surface area contributed by atoms with Gasteiger partial charge in [-0.25, -0.2) is 0 Å². The Labute approximate surface area is 461 Å². The minimum atomic E-state index is -4.64. The predicted octanol–water partition coefficient (Wildman–Crippen LogP) is 18.3. The van der Waals surface area contributed by atoms with Crippen LogP contribution in [0.2, 0.25) is 0 Å². The summed E-state index contributed by atoms with van der Waals surface area (Å²) in [7, 11) is 1.15. The third kappa shape index (κ3) is 59.8. The number of allylic oxidation sites excluding steroid dienone is 18. The summed E-state index contributed by atoms with van der Waals surface area (Å²) in [5.41, 5.74) is 0. The van der Waals surface area contributed by atoms with Gasteiger partial charge in [0, 0.05) is 12.8 Å². The first kappa shape index (κ1) is 71.7. The number of nitrogens with zero attached hydrogens (tertiary/aromatic N) is 1. The summed E-state index contributed by atoms with van der Waals surface area (Å²) in [5, 5.41) is 0. The molecule has 75 heavy (non-hydrogen) atoms. The average Bonchev–Trinajstić information content (AvgIpc) is 3.37. The zero-order chi connectivity index (χ0) is 54.9. The lowest BCUT2D eigenvalue weighted by Crippen LogP contribution is -2.37. The number of quaternary nitrogens is 1. The Morgan fingerprint density at radius 3 is 1.13 bits per heavy atom. The van der Waals surface area contributed by atoms with Crippen LogP contribution in [0.3, 0.4) is 0 Å². The number of phosphoric ester groups is 1. The van der Waals surface area contributed by atoms with E-state index in [1.54, 1.807) is 0 Å². The van der Waals surface area contributed by atoms with E-state index < -0.39 is 32.5 Å². The highest BCUT2D eigenvalue weighted by Gasteiger charge is 2.22. The van der Waals surface area contributed by atoms with Gasteiger partial charge >= 0.3 is 11.9 Å². The molecule has 0 amide bonds. The van der Waals surface area contributed by atoms with Gasteiger partial charge in [-0.2, -0.15) is 0 Å². The van der Waals surface area contributed by atoms with Crippen LogP contribution in [0.1, 0.15) is 239 Å². The SMILES string of the molecule is CC/C=C\C/C=C\C/C=C\C/C=C\C/C=C\C/C=C\C/C=C\CCCCCCCCCCCCCC(=O)OC(COC(=O)CCCCCCCCC/C=C\C/C=C\CCCCCC)COP(=O)([O-])OCC[N+](C)(C)C. The molecule has 10 heteroatoms. The van der Waals surface area contributed by atoms with Gasteiger partial charge < -0.3 is 27.9 Å². The average molecular weight is 1070 g/mol. The molecule has 0 bridgehead atoms. The van der Waals surface area contributed by atoms with Crippen LogP contribution >= 0.6 is 7.82 Å². The zero-order valence-electron chi connectivity index (χ0n) is 48.7. The molecule has 0 aromatic rings. The van der Waals surface area contributed by atoms with Gasteiger partial charge in [0.05, 0.1) is 27.7 Å². The van der Waals surface area contributed by atoms with E-state index in [-0.39, 0.29) is 26.1 Å². The number of phosphoric acid groups is 1. The number of carbonyl (C=O) groups is 2. The second-order valence-corrected chi connectivity index (χ2v) is 22.4. The molecule has 2 atom stereocenters. The summed E-state index contributed by atoms with van der Waals surface area (Å²) in [6.45, 7) is 4.09. The second kappa shape index (κ2) is 55.4. The van der Waals surface area contributed by atoms with E-state index in [0.717, 1.165) is 109 Å². The van der Waals surface area contributed by atoms with Gasteiger partial charge in [0.25, 0.3) is 7.82 Å². The third-order valence-electron chi connectivity index (χ3n) is 12.5. The number of ether oxygens (including phenoxy) is 2. The Hall–Kier alpha value is -3.33. The minimum Gasteiger partial charge on any atom is -0.756 e. The monoisotopic (exact) mass is 1070 g/mol. The summed E-state index contributed by atoms with van der Waals surface area (Å²) >= 11 is 0. The van der Waals surface area contributed by atoms with E-state index in [1.807, 2.05) is 21.1 Å². The van der Waals surface area contributed by atoms with Crippen molar-refractivity contribution in [1.29, 1.82) is 0 Å². The molecule has 0 saturated carbocycles. The van der Waals surface area contributed by atoms with Crippen molar-refractivity contribution in [3.8, 4) is 0 Å². The van der Waals surface area contributed by atoms with Crippen LogP contribution in [0.25, 0.3) is 0 Å². The smallest absolute Gasteiger partial charge is 0.306 e. The van der Waals surface area contributed by atoms with Crippen LogP contribution in [-0.4, -0.2) is 70.0 Å². The molecule has 0 aliphatic heterocycles. The summed E-state index contributed by atoms with van der Waals surface area (Å²) in [4.78, 5) is 37.9. The van der Waals surface area contributed by atoms with Crippen molar-refractivity contribution in [2.75, 3.05) is 47.5 Å². The minimum absolute atomic E-state index is 0.0375. The van der Waals surface area contributed by atoms with Crippen molar-refractivity contribution >= 4 is 19.8 Å². The maximum Gasteiger partial charge on any atom is 0.306 e. The first-order valence-corrected chi connectivity index (χ1v) is 31.6. The first-order valence-electron chi connectivity index (χ1n) is 30.1. The largest absolute Gasteiger partial charge is 0.756 e. The van der Waals surface area contributed by atoms with Crippen LogP contribution in [-0.2, 0) is 32.7 Å². The number of unbranched alkanes of at least 4 members (excludes halogenated alkanes) is 22. The molecule has 0 rings (SSSR count). The number of carbonyl (C=O) groups excluding carboxylic acids is 2.